The van der Waals surface area contributed by atoms with Crippen LogP contribution >= 0.6 is 11.3 Å². The van der Waals surface area contributed by atoms with Crippen molar-refractivity contribution in [2.75, 3.05) is 12.4 Å². The molecule has 0 saturated heterocycles. The van der Waals surface area contributed by atoms with Crippen molar-refractivity contribution in [3.63, 3.8) is 0 Å². The van der Waals surface area contributed by atoms with Crippen LogP contribution in [-0.4, -0.2) is 34.5 Å². The second-order valence-corrected chi connectivity index (χ2v) is 9.42. The second-order valence-electron chi connectivity index (χ2n) is 8.39. The molecule has 0 radical (unpaired) electrons. The lowest BCUT2D eigenvalue weighted by Crippen LogP contribution is -2.14. The Hall–Kier alpha value is -4.64. The Morgan fingerprint density at radius 2 is 1.92 bits per heavy atom. The van der Waals surface area contributed by atoms with Crippen molar-refractivity contribution in [2.24, 2.45) is 16.5 Å². The molecule has 5 N–H and O–H groups in total. The normalized spacial score (nSPS) is 12.3. The number of nitrogens with one attached hydrogen (secondary N) is 1. The van der Waals surface area contributed by atoms with Crippen molar-refractivity contribution in [3.8, 4) is 11.6 Å². The molecule has 0 spiro atoms. The number of hydrogen-bond donors (Lipinski definition) is 3. The number of halogens is 1. The van der Waals surface area contributed by atoms with E-state index in [4.69, 9.17) is 16.2 Å². The Balaban J connectivity index is 1.46. The zero-order valence-corrected chi connectivity index (χ0v) is 21.7. The van der Waals surface area contributed by atoms with E-state index in [1.165, 1.54) is 41.8 Å². The average molecular weight is 533 g/mol. The number of benzene rings is 2. The van der Waals surface area contributed by atoms with Crippen molar-refractivity contribution in [3.05, 3.63) is 88.5 Å². The SMILES string of the molecule is CN=C(C(C)=C(C)N)c1ccc2sc(NC(=O)Cc3ccc(Oc4ncccc4C(N)=O)c(F)c3)nc2c1. The molecular formula is C27H25FN6O3S. The van der Waals surface area contributed by atoms with E-state index in [9.17, 15) is 14.0 Å². The second kappa shape index (κ2) is 11.2. The van der Waals surface area contributed by atoms with Crippen LogP contribution in [0.25, 0.3) is 10.2 Å². The molecule has 2 aromatic heterocycles. The van der Waals surface area contributed by atoms with Gasteiger partial charge in [0, 0.05) is 24.5 Å². The lowest BCUT2D eigenvalue weighted by molar-refractivity contribution is -0.115. The molecule has 0 fully saturated rings. The Bertz CT molecular complexity index is 1610. The lowest BCUT2D eigenvalue weighted by atomic mass is 10.0. The topological polar surface area (TPSA) is 146 Å². The minimum absolute atomic E-state index is 0.0256. The first-order valence-corrected chi connectivity index (χ1v) is 12.3. The summed E-state index contributed by atoms with van der Waals surface area (Å²) >= 11 is 1.33. The van der Waals surface area contributed by atoms with Gasteiger partial charge < -0.3 is 21.5 Å². The molecule has 0 aliphatic rings. The van der Waals surface area contributed by atoms with Gasteiger partial charge in [0.1, 0.15) is 5.56 Å². The molecule has 2 amide bonds. The molecule has 0 aliphatic carbocycles. The summed E-state index contributed by atoms with van der Waals surface area (Å²) in [6, 6.07) is 12.8. The van der Waals surface area contributed by atoms with Crippen molar-refractivity contribution < 1.29 is 18.7 Å². The van der Waals surface area contributed by atoms with Gasteiger partial charge in [0.05, 0.1) is 22.3 Å². The first-order valence-electron chi connectivity index (χ1n) is 11.5. The molecule has 0 bridgehead atoms. The van der Waals surface area contributed by atoms with Crippen LogP contribution in [0.15, 0.2) is 71.0 Å². The van der Waals surface area contributed by atoms with Crippen LogP contribution in [-0.2, 0) is 11.2 Å². The third-order valence-corrected chi connectivity index (χ3v) is 6.63. The van der Waals surface area contributed by atoms with Gasteiger partial charge >= 0.3 is 0 Å². The van der Waals surface area contributed by atoms with E-state index in [2.05, 4.69) is 20.3 Å². The van der Waals surface area contributed by atoms with Gasteiger partial charge in [-0.15, -0.1) is 0 Å². The number of fused-ring (bicyclic) bond motifs is 1. The smallest absolute Gasteiger partial charge is 0.254 e. The molecule has 0 saturated carbocycles. The number of primary amides is 1. The van der Waals surface area contributed by atoms with Gasteiger partial charge in [-0.05, 0) is 61.4 Å². The minimum atomic E-state index is -0.746. The molecule has 4 rings (SSSR count). The molecule has 11 heteroatoms. The number of allylic oxidation sites excluding steroid dienone is 2. The van der Waals surface area contributed by atoms with Crippen LogP contribution in [0, 0.1) is 5.82 Å². The Morgan fingerprint density at radius 3 is 2.61 bits per heavy atom. The Labute approximate surface area is 222 Å². The monoisotopic (exact) mass is 532 g/mol. The van der Waals surface area contributed by atoms with E-state index in [0.717, 1.165) is 21.5 Å². The number of rotatable bonds is 8. The minimum Gasteiger partial charge on any atom is -0.435 e. The molecule has 4 aromatic rings. The van der Waals surface area contributed by atoms with E-state index in [1.807, 2.05) is 32.0 Å². The number of thiazole rings is 1. The standard InChI is InChI=1S/C27H25FN6O3S/c1-14(15(2)29)24(31-3)17-7-9-22-20(13-17)33-27(38-22)34-23(35)12-16-6-8-21(19(28)11-16)37-26-18(25(30)36)5-4-10-32-26/h4-11,13H,12,29H2,1-3H3,(H2,30,36)(H,33,34,35). The third kappa shape index (κ3) is 5.84. The van der Waals surface area contributed by atoms with Crippen LogP contribution in [0.4, 0.5) is 9.52 Å². The highest BCUT2D eigenvalue weighted by Gasteiger charge is 2.16. The number of carbonyl (C=O) groups excluding carboxylic acids is 2. The summed E-state index contributed by atoms with van der Waals surface area (Å²) < 4.78 is 21.0. The van der Waals surface area contributed by atoms with Crippen LogP contribution in [0.5, 0.6) is 11.6 Å². The fourth-order valence-electron chi connectivity index (χ4n) is 3.68. The fraction of sp³-hybridized carbons (Fsp3) is 0.148. The predicted octanol–water partition coefficient (Wildman–Crippen LogP) is 4.57. The van der Waals surface area contributed by atoms with Gasteiger partial charge in [-0.25, -0.2) is 14.4 Å². The quantitative estimate of drug-likeness (QED) is 0.283. The molecular weight excluding hydrogens is 507 g/mol. The lowest BCUT2D eigenvalue weighted by Gasteiger charge is -2.09. The fourth-order valence-corrected chi connectivity index (χ4v) is 4.54. The first kappa shape index (κ1) is 26.4. The Morgan fingerprint density at radius 1 is 1.13 bits per heavy atom. The summed E-state index contributed by atoms with van der Waals surface area (Å²) in [6.07, 6.45) is 1.32. The van der Waals surface area contributed by atoms with E-state index < -0.39 is 11.7 Å². The zero-order chi connectivity index (χ0) is 27.4. The van der Waals surface area contributed by atoms with E-state index in [0.29, 0.717) is 21.9 Å². The molecule has 38 heavy (non-hydrogen) atoms. The average Bonchev–Trinajstić information content (AvgIpc) is 3.27. The summed E-state index contributed by atoms with van der Waals surface area (Å²) in [5.41, 5.74) is 15.6. The maximum absolute atomic E-state index is 14.7. The van der Waals surface area contributed by atoms with Crippen LogP contribution in [0.3, 0.4) is 0 Å². The van der Waals surface area contributed by atoms with Gasteiger partial charge in [-0.3, -0.25) is 14.6 Å². The number of nitrogens with zero attached hydrogens (tertiary/aromatic N) is 3. The number of nitrogens with two attached hydrogens (primary N) is 2. The number of pyridine rings is 1. The van der Waals surface area contributed by atoms with Crippen LogP contribution < -0.4 is 21.5 Å². The third-order valence-electron chi connectivity index (χ3n) is 5.68. The van der Waals surface area contributed by atoms with Gasteiger partial charge in [0.25, 0.3) is 5.91 Å². The van der Waals surface area contributed by atoms with E-state index >= 15 is 0 Å². The number of amides is 2. The molecule has 0 aliphatic heterocycles. The number of ether oxygens (including phenoxy) is 1. The molecule has 2 aromatic carbocycles. The Kier molecular flexibility index (Phi) is 7.77. The highest BCUT2D eigenvalue weighted by atomic mass is 32.1. The first-order chi connectivity index (χ1) is 18.2. The van der Waals surface area contributed by atoms with Crippen molar-refractivity contribution in [1.29, 1.82) is 0 Å². The summed E-state index contributed by atoms with van der Waals surface area (Å²) in [4.78, 5) is 37.0. The van der Waals surface area contributed by atoms with Crippen LogP contribution in [0.1, 0.15) is 35.3 Å². The summed E-state index contributed by atoms with van der Waals surface area (Å²) in [7, 11) is 1.71. The van der Waals surface area contributed by atoms with Gasteiger partial charge in [0.15, 0.2) is 16.7 Å². The van der Waals surface area contributed by atoms with Crippen molar-refractivity contribution >= 4 is 44.2 Å². The van der Waals surface area contributed by atoms with Gasteiger partial charge in [0.2, 0.25) is 11.8 Å². The van der Waals surface area contributed by atoms with Crippen molar-refractivity contribution in [2.45, 2.75) is 20.3 Å². The molecule has 194 valence electrons. The summed E-state index contributed by atoms with van der Waals surface area (Å²) in [6.45, 7) is 3.73. The van der Waals surface area contributed by atoms with Crippen LogP contribution in [0.2, 0.25) is 0 Å². The number of aromatic nitrogens is 2. The number of aliphatic imine (C=N–C) groups is 1. The summed E-state index contributed by atoms with van der Waals surface area (Å²) in [5.74, 6) is -2.07. The maximum Gasteiger partial charge on any atom is 0.254 e. The molecule has 0 unspecified atom stereocenters. The highest BCUT2D eigenvalue weighted by molar-refractivity contribution is 7.22. The number of carbonyl (C=O) groups is 2. The number of hydrogen-bond acceptors (Lipinski definition) is 8. The largest absolute Gasteiger partial charge is 0.435 e. The van der Waals surface area contributed by atoms with Gasteiger partial charge in [-0.1, -0.05) is 23.5 Å². The predicted molar refractivity (Wildman–Crippen MR) is 146 cm³/mol. The zero-order valence-electron chi connectivity index (χ0n) is 20.9. The highest BCUT2D eigenvalue weighted by Crippen LogP contribution is 2.29. The van der Waals surface area contributed by atoms with E-state index in [1.54, 1.807) is 13.1 Å². The molecule has 2 heterocycles. The summed E-state index contributed by atoms with van der Waals surface area (Å²) in [5, 5.41) is 3.20. The maximum atomic E-state index is 14.7. The molecule has 0 atom stereocenters. The van der Waals surface area contributed by atoms with Gasteiger partial charge in [-0.2, -0.15) is 0 Å². The molecule has 9 nitrogen and oxygen atoms in total. The number of anilines is 1. The van der Waals surface area contributed by atoms with Crippen molar-refractivity contribution in [1.82, 2.24) is 9.97 Å². The van der Waals surface area contributed by atoms with E-state index in [-0.39, 0.29) is 29.5 Å².